The predicted molar refractivity (Wildman–Crippen MR) is 145 cm³/mol. The van der Waals surface area contributed by atoms with Crippen molar-refractivity contribution in [3.63, 3.8) is 0 Å². The van der Waals surface area contributed by atoms with Crippen LogP contribution in [0.2, 0.25) is 5.02 Å². The molecule has 1 aromatic heterocycles. The van der Waals surface area contributed by atoms with E-state index >= 15 is 0 Å². The Labute approximate surface area is 221 Å². The number of hydrogen-bond donors (Lipinski definition) is 0. The number of amides is 1. The molecule has 0 spiro atoms. The normalized spacial score (nSPS) is 16.5. The standard InChI is InChI=1S/C30H30ClN3O3/c1-2-37-30(36)23-13-9-17-33(20-23)29(35)28(22-11-4-3-5-12-22)34-26-16-7-6-15-25(26)32-27(34)19-21-10-8-14-24(31)18-21/h3-8,10-12,14-16,18,23,28H,2,9,13,17,19-20H2,1H3/t23-,28+/m0/s1. The molecule has 4 aromatic rings. The number of nitrogens with zero attached hydrogens (tertiary/aromatic N) is 3. The van der Waals surface area contributed by atoms with E-state index in [0.29, 0.717) is 31.1 Å². The van der Waals surface area contributed by atoms with Crippen molar-refractivity contribution in [2.45, 2.75) is 32.2 Å². The minimum Gasteiger partial charge on any atom is -0.466 e. The van der Waals surface area contributed by atoms with Gasteiger partial charge in [-0.05, 0) is 55.2 Å². The first kappa shape index (κ1) is 25.0. The van der Waals surface area contributed by atoms with Crippen molar-refractivity contribution in [1.82, 2.24) is 14.5 Å². The van der Waals surface area contributed by atoms with Crippen LogP contribution >= 0.6 is 11.6 Å². The maximum Gasteiger partial charge on any atom is 0.310 e. The Balaban J connectivity index is 1.59. The third-order valence-corrected chi connectivity index (χ3v) is 7.12. The number of esters is 1. The van der Waals surface area contributed by atoms with Crippen LogP contribution in [0, 0.1) is 5.92 Å². The molecule has 1 fully saturated rings. The van der Waals surface area contributed by atoms with Gasteiger partial charge in [0.2, 0.25) is 5.91 Å². The minimum absolute atomic E-state index is 0.0457. The minimum atomic E-state index is -0.622. The number of para-hydroxylation sites is 2. The van der Waals surface area contributed by atoms with Gasteiger partial charge in [-0.2, -0.15) is 0 Å². The molecule has 0 bridgehead atoms. The lowest BCUT2D eigenvalue weighted by atomic mass is 9.96. The van der Waals surface area contributed by atoms with Crippen LogP contribution in [0.1, 0.15) is 42.8 Å². The van der Waals surface area contributed by atoms with Gasteiger partial charge in [0.15, 0.2) is 0 Å². The molecular weight excluding hydrogens is 486 g/mol. The van der Waals surface area contributed by atoms with Crippen LogP contribution < -0.4 is 0 Å². The number of aromatic nitrogens is 2. The number of ether oxygens (including phenoxy) is 1. The van der Waals surface area contributed by atoms with E-state index in [-0.39, 0.29) is 17.8 Å². The lowest BCUT2D eigenvalue weighted by Crippen LogP contribution is -2.46. The summed E-state index contributed by atoms with van der Waals surface area (Å²) in [7, 11) is 0. The molecule has 190 valence electrons. The van der Waals surface area contributed by atoms with Crippen molar-refractivity contribution >= 4 is 34.5 Å². The molecule has 7 heteroatoms. The summed E-state index contributed by atoms with van der Waals surface area (Å²) < 4.78 is 7.33. The lowest BCUT2D eigenvalue weighted by molar-refractivity contribution is -0.151. The third kappa shape index (κ3) is 5.39. The summed E-state index contributed by atoms with van der Waals surface area (Å²) in [4.78, 5) is 33.6. The van der Waals surface area contributed by atoms with Gasteiger partial charge in [0.1, 0.15) is 11.9 Å². The fourth-order valence-corrected chi connectivity index (χ4v) is 5.39. The smallest absolute Gasteiger partial charge is 0.310 e. The number of carbonyl (C=O) groups excluding carboxylic acids is 2. The third-order valence-electron chi connectivity index (χ3n) is 6.88. The topological polar surface area (TPSA) is 64.4 Å². The van der Waals surface area contributed by atoms with E-state index in [1.807, 2.05) is 83.8 Å². The van der Waals surface area contributed by atoms with E-state index in [1.165, 1.54) is 0 Å². The zero-order valence-electron chi connectivity index (χ0n) is 20.8. The first-order valence-electron chi connectivity index (χ1n) is 12.8. The number of fused-ring (bicyclic) bond motifs is 1. The Morgan fingerprint density at radius 1 is 1.05 bits per heavy atom. The summed E-state index contributed by atoms with van der Waals surface area (Å²) in [6.45, 7) is 3.11. The zero-order valence-corrected chi connectivity index (χ0v) is 21.6. The van der Waals surface area contributed by atoms with Gasteiger partial charge in [0, 0.05) is 24.5 Å². The molecule has 1 aliphatic rings. The van der Waals surface area contributed by atoms with Gasteiger partial charge in [-0.25, -0.2) is 4.98 Å². The predicted octanol–water partition coefficient (Wildman–Crippen LogP) is 5.67. The molecule has 37 heavy (non-hydrogen) atoms. The fourth-order valence-electron chi connectivity index (χ4n) is 5.18. The Kier molecular flexibility index (Phi) is 7.56. The van der Waals surface area contributed by atoms with Gasteiger partial charge in [0.05, 0.1) is 23.6 Å². The summed E-state index contributed by atoms with van der Waals surface area (Å²) in [5, 5.41) is 0.661. The van der Waals surface area contributed by atoms with E-state index in [9.17, 15) is 9.59 Å². The maximum atomic E-state index is 14.3. The zero-order chi connectivity index (χ0) is 25.8. The maximum absolute atomic E-state index is 14.3. The van der Waals surface area contributed by atoms with Crippen molar-refractivity contribution < 1.29 is 14.3 Å². The van der Waals surface area contributed by atoms with Crippen molar-refractivity contribution in [1.29, 1.82) is 0 Å². The molecule has 1 aliphatic heterocycles. The van der Waals surface area contributed by atoms with E-state index in [2.05, 4.69) is 4.57 Å². The number of carbonyl (C=O) groups is 2. The van der Waals surface area contributed by atoms with E-state index in [0.717, 1.165) is 40.8 Å². The lowest BCUT2D eigenvalue weighted by Gasteiger charge is -2.35. The number of benzene rings is 3. The molecule has 1 amide bonds. The highest BCUT2D eigenvalue weighted by atomic mass is 35.5. The molecule has 0 saturated carbocycles. The van der Waals surface area contributed by atoms with Gasteiger partial charge >= 0.3 is 5.97 Å². The largest absolute Gasteiger partial charge is 0.466 e. The Hall–Kier alpha value is -3.64. The molecule has 2 heterocycles. The molecule has 5 rings (SSSR count). The number of piperidine rings is 1. The average Bonchev–Trinajstić information content (AvgIpc) is 3.27. The van der Waals surface area contributed by atoms with E-state index in [1.54, 1.807) is 6.92 Å². The van der Waals surface area contributed by atoms with Gasteiger partial charge < -0.3 is 14.2 Å². The van der Waals surface area contributed by atoms with Crippen LogP contribution in [0.15, 0.2) is 78.9 Å². The quantitative estimate of drug-likeness (QED) is 0.297. The second kappa shape index (κ2) is 11.2. The summed E-state index contributed by atoms with van der Waals surface area (Å²) in [5.74, 6) is 0.200. The summed E-state index contributed by atoms with van der Waals surface area (Å²) >= 11 is 6.28. The first-order valence-corrected chi connectivity index (χ1v) is 13.1. The number of halogens is 1. The van der Waals surface area contributed by atoms with E-state index < -0.39 is 6.04 Å². The van der Waals surface area contributed by atoms with E-state index in [4.69, 9.17) is 21.3 Å². The molecule has 1 saturated heterocycles. The number of imidazole rings is 1. The van der Waals surface area contributed by atoms with Crippen LogP contribution in [-0.4, -0.2) is 46.0 Å². The molecular formula is C30H30ClN3O3. The summed E-state index contributed by atoms with van der Waals surface area (Å²) in [5.41, 5.74) is 3.61. The molecule has 0 radical (unpaired) electrons. The van der Waals surface area contributed by atoms with Crippen LogP contribution in [0.3, 0.4) is 0 Å². The van der Waals surface area contributed by atoms with Crippen LogP contribution in [0.5, 0.6) is 0 Å². The molecule has 0 aliphatic carbocycles. The van der Waals surface area contributed by atoms with Crippen LogP contribution in [-0.2, 0) is 20.7 Å². The monoisotopic (exact) mass is 515 g/mol. The highest BCUT2D eigenvalue weighted by molar-refractivity contribution is 6.30. The fraction of sp³-hybridized carbons (Fsp3) is 0.300. The second-order valence-corrected chi connectivity index (χ2v) is 9.82. The average molecular weight is 516 g/mol. The number of likely N-dealkylation sites (tertiary alicyclic amines) is 1. The van der Waals surface area contributed by atoms with Gasteiger partial charge in [-0.3, -0.25) is 9.59 Å². The Morgan fingerprint density at radius 2 is 1.84 bits per heavy atom. The summed E-state index contributed by atoms with van der Waals surface area (Å²) in [6, 6.07) is 24.8. The first-order chi connectivity index (χ1) is 18.0. The van der Waals surface area contributed by atoms with Gasteiger partial charge in [-0.1, -0.05) is 66.2 Å². The van der Waals surface area contributed by atoms with Gasteiger partial charge in [-0.15, -0.1) is 0 Å². The van der Waals surface area contributed by atoms with Crippen molar-refractivity contribution in [3.8, 4) is 0 Å². The molecule has 6 nitrogen and oxygen atoms in total. The van der Waals surface area contributed by atoms with Crippen LogP contribution in [0.25, 0.3) is 11.0 Å². The highest BCUT2D eigenvalue weighted by Crippen LogP contribution is 2.31. The SMILES string of the molecule is CCOC(=O)[C@H]1CCCN(C(=O)[C@@H](c2ccccc2)n2c(Cc3cccc(Cl)c3)nc3ccccc32)C1. The van der Waals surface area contributed by atoms with Crippen molar-refractivity contribution in [3.05, 3.63) is 101 Å². The molecule has 0 unspecified atom stereocenters. The number of hydrogen-bond acceptors (Lipinski definition) is 4. The van der Waals surface area contributed by atoms with Crippen molar-refractivity contribution in [2.75, 3.05) is 19.7 Å². The van der Waals surface area contributed by atoms with Crippen molar-refractivity contribution in [2.24, 2.45) is 5.92 Å². The summed E-state index contributed by atoms with van der Waals surface area (Å²) in [6.07, 6.45) is 2.01. The molecule has 3 aromatic carbocycles. The van der Waals surface area contributed by atoms with Crippen LogP contribution in [0.4, 0.5) is 0 Å². The Morgan fingerprint density at radius 3 is 2.62 bits per heavy atom. The van der Waals surface area contributed by atoms with Gasteiger partial charge in [0.25, 0.3) is 0 Å². The molecule has 0 N–H and O–H groups in total. The molecule has 2 atom stereocenters. The second-order valence-electron chi connectivity index (χ2n) is 9.38. The highest BCUT2D eigenvalue weighted by Gasteiger charge is 2.35. The Bertz CT molecular complexity index is 1400. The number of rotatable bonds is 7.